The molecule has 0 aliphatic heterocycles. The van der Waals surface area contributed by atoms with Gasteiger partial charge in [0.25, 0.3) is 0 Å². The molecule has 14 heavy (non-hydrogen) atoms. The molecule has 3 nitrogen and oxygen atoms in total. The number of rotatable bonds is 4. The first-order valence-corrected chi connectivity index (χ1v) is 4.79. The van der Waals surface area contributed by atoms with Crippen LogP contribution in [0.25, 0.3) is 0 Å². The first kappa shape index (κ1) is 11.1. The third kappa shape index (κ3) is 3.40. The minimum absolute atomic E-state index is 0.0316. The van der Waals surface area contributed by atoms with Crippen molar-refractivity contribution in [3.63, 3.8) is 0 Å². The highest BCUT2D eigenvalue weighted by Gasteiger charge is 2.10. The van der Waals surface area contributed by atoms with E-state index in [4.69, 9.17) is 22.1 Å². The summed E-state index contributed by atoms with van der Waals surface area (Å²) >= 11 is 4.80. The lowest BCUT2D eigenvalue weighted by Gasteiger charge is -2.14. The summed E-state index contributed by atoms with van der Waals surface area (Å²) in [6, 6.07) is 3.73. The molecule has 1 heterocycles. The standard InChI is InChI=1S/C10H13NO2S/c1-8(14)13-7-10(6-12)9-2-4-11-5-3-9/h2-5,10,12H,6-7H2,1H3. The Hall–Kier alpha value is -1.00. The fourth-order valence-electron chi connectivity index (χ4n) is 1.11. The van der Waals surface area contributed by atoms with Gasteiger partial charge in [0.1, 0.15) is 0 Å². The average Bonchev–Trinajstić information content (AvgIpc) is 2.20. The van der Waals surface area contributed by atoms with Gasteiger partial charge < -0.3 is 9.84 Å². The van der Waals surface area contributed by atoms with Crippen molar-refractivity contribution < 1.29 is 9.84 Å². The van der Waals surface area contributed by atoms with E-state index in [1.54, 1.807) is 19.3 Å². The summed E-state index contributed by atoms with van der Waals surface area (Å²) < 4.78 is 5.20. The highest BCUT2D eigenvalue weighted by molar-refractivity contribution is 7.80. The second-order valence-electron chi connectivity index (χ2n) is 2.96. The van der Waals surface area contributed by atoms with Gasteiger partial charge in [0.15, 0.2) is 5.05 Å². The second-order valence-corrected chi connectivity index (χ2v) is 3.54. The monoisotopic (exact) mass is 211 g/mol. The maximum absolute atomic E-state index is 9.15. The lowest BCUT2D eigenvalue weighted by atomic mass is 10.0. The van der Waals surface area contributed by atoms with Crippen LogP contribution in [0.1, 0.15) is 18.4 Å². The fourth-order valence-corrected chi connectivity index (χ4v) is 1.18. The van der Waals surface area contributed by atoms with E-state index >= 15 is 0 Å². The lowest BCUT2D eigenvalue weighted by molar-refractivity contribution is 0.201. The molecule has 0 fully saturated rings. The van der Waals surface area contributed by atoms with Crippen LogP contribution in [0, 0.1) is 0 Å². The van der Waals surface area contributed by atoms with Crippen molar-refractivity contribution >= 4 is 17.3 Å². The van der Waals surface area contributed by atoms with Crippen LogP contribution in [0.5, 0.6) is 0 Å². The van der Waals surface area contributed by atoms with Crippen LogP contribution in [0.2, 0.25) is 0 Å². The first-order valence-electron chi connectivity index (χ1n) is 4.38. The van der Waals surface area contributed by atoms with Gasteiger partial charge in [0, 0.05) is 25.2 Å². The Morgan fingerprint density at radius 1 is 1.57 bits per heavy atom. The number of aliphatic hydroxyl groups is 1. The molecule has 0 aliphatic carbocycles. The summed E-state index contributed by atoms with van der Waals surface area (Å²) in [5, 5.41) is 9.65. The van der Waals surface area contributed by atoms with Crippen LogP contribution in [0.4, 0.5) is 0 Å². The maximum atomic E-state index is 9.15. The molecule has 4 heteroatoms. The number of pyridine rings is 1. The van der Waals surface area contributed by atoms with Gasteiger partial charge in [0.2, 0.25) is 0 Å². The molecule has 0 saturated heterocycles. The van der Waals surface area contributed by atoms with Gasteiger partial charge in [0.05, 0.1) is 13.2 Å². The zero-order valence-electron chi connectivity index (χ0n) is 8.01. The minimum atomic E-state index is -0.0316. The number of ether oxygens (including phenoxy) is 1. The van der Waals surface area contributed by atoms with Crippen molar-refractivity contribution in [2.45, 2.75) is 12.8 Å². The molecule has 0 radical (unpaired) electrons. The summed E-state index contributed by atoms with van der Waals surface area (Å²) in [6.45, 7) is 2.18. The molecule has 1 aromatic rings. The number of thiocarbonyl (C=S) groups is 1. The highest BCUT2D eigenvalue weighted by Crippen LogP contribution is 2.14. The van der Waals surface area contributed by atoms with Gasteiger partial charge in [-0.3, -0.25) is 4.98 Å². The van der Waals surface area contributed by atoms with Crippen LogP contribution in [0.15, 0.2) is 24.5 Å². The van der Waals surface area contributed by atoms with Crippen molar-refractivity contribution in [1.29, 1.82) is 0 Å². The molecule has 1 N–H and O–H groups in total. The van der Waals surface area contributed by atoms with E-state index in [0.717, 1.165) is 5.56 Å². The van der Waals surface area contributed by atoms with E-state index in [0.29, 0.717) is 11.7 Å². The molecule has 1 aromatic heterocycles. The van der Waals surface area contributed by atoms with Crippen molar-refractivity contribution in [3.05, 3.63) is 30.1 Å². The van der Waals surface area contributed by atoms with E-state index in [1.165, 1.54) is 0 Å². The molecule has 0 bridgehead atoms. The molecule has 0 saturated carbocycles. The topological polar surface area (TPSA) is 42.4 Å². The van der Waals surface area contributed by atoms with Gasteiger partial charge in [-0.15, -0.1) is 0 Å². The lowest BCUT2D eigenvalue weighted by Crippen LogP contribution is -2.13. The van der Waals surface area contributed by atoms with Gasteiger partial charge in [-0.1, -0.05) is 0 Å². The van der Waals surface area contributed by atoms with E-state index in [-0.39, 0.29) is 12.5 Å². The van der Waals surface area contributed by atoms with E-state index in [1.807, 2.05) is 12.1 Å². The summed E-state index contributed by atoms with van der Waals surface area (Å²) in [7, 11) is 0. The molecule has 76 valence electrons. The summed E-state index contributed by atoms with van der Waals surface area (Å²) in [6.07, 6.45) is 3.39. The Morgan fingerprint density at radius 3 is 2.71 bits per heavy atom. The van der Waals surface area contributed by atoms with E-state index in [2.05, 4.69) is 4.98 Å². The van der Waals surface area contributed by atoms with Crippen LogP contribution < -0.4 is 0 Å². The second kappa shape index (κ2) is 5.67. The van der Waals surface area contributed by atoms with Crippen LogP contribution >= 0.6 is 12.2 Å². The molecule has 0 aromatic carbocycles. The SMILES string of the molecule is CC(=S)OCC(CO)c1ccncc1. The maximum Gasteiger partial charge on any atom is 0.156 e. The predicted molar refractivity (Wildman–Crippen MR) is 58.3 cm³/mol. The van der Waals surface area contributed by atoms with Crippen LogP contribution in [-0.4, -0.2) is 28.4 Å². The molecule has 1 unspecified atom stereocenters. The smallest absolute Gasteiger partial charge is 0.156 e. The first-order chi connectivity index (χ1) is 6.74. The summed E-state index contributed by atoms with van der Waals surface area (Å²) in [5.74, 6) is -0.0316. The third-order valence-electron chi connectivity index (χ3n) is 1.89. The zero-order chi connectivity index (χ0) is 10.4. The van der Waals surface area contributed by atoms with Crippen LogP contribution in [-0.2, 0) is 4.74 Å². The summed E-state index contributed by atoms with van der Waals surface area (Å²) in [5.41, 5.74) is 1.01. The number of aliphatic hydroxyl groups excluding tert-OH is 1. The summed E-state index contributed by atoms with van der Waals surface area (Å²) in [4.78, 5) is 3.91. The quantitative estimate of drug-likeness (QED) is 0.767. The van der Waals surface area contributed by atoms with Gasteiger partial charge in [-0.25, -0.2) is 0 Å². The Bertz CT molecular complexity index is 289. The number of aromatic nitrogens is 1. The largest absolute Gasteiger partial charge is 0.487 e. The minimum Gasteiger partial charge on any atom is -0.487 e. The molecule has 1 rings (SSSR count). The number of hydrogen-bond acceptors (Lipinski definition) is 4. The third-order valence-corrected chi connectivity index (χ3v) is 2.00. The normalized spacial score (nSPS) is 12.1. The molecular weight excluding hydrogens is 198 g/mol. The van der Waals surface area contributed by atoms with Crippen LogP contribution in [0.3, 0.4) is 0 Å². The Labute approximate surface area is 88.7 Å². The fraction of sp³-hybridized carbons (Fsp3) is 0.400. The Balaban J connectivity index is 2.58. The molecule has 0 spiro atoms. The number of hydrogen-bond donors (Lipinski definition) is 1. The Morgan fingerprint density at radius 2 is 2.21 bits per heavy atom. The molecule has 0 aliphatic rings. The molecule has 0 amide bonds. The molecular formula is C10H13NO2S. The Kier molecular flexibility index (Phi) is 4.49. The van der Waals surface area contributed by atoms with Gasteiger partial charge in [-0.05, 0) is 29.9 Å². The van der Waals surface area contributed by atoms with Crippen molar-refractivity contribution in [1.82, 2.24) is 4.98 Å². The van der Waals surface area contributed by atoms with Gasteiger partial charge in [-0.2, -0.15) is 0 Å². The predicted octanol–water partition coefficient (Wildman–Crippen LogP) is 1.52. The van der Waals surface area contributed by atoms with Gasteiger partial charge >= 0.3 is 0 Å². The van der Waals surface area contributed by atoms with E-state index < -0.39 is 0 Å². The van der Waals surface area contributed by atoms with Crippen molar-refractivity contribution in [2.75, 3.05) is 13.2 Å². The van der Waals surface area contributed by atoms with E-state index in [9.17, 15) is 0 Å². The average molecular weight is 211 g/mol. The highest BCUT2D eigenvalue weighted by atomic mass is 32.1. The molecule has 1 atom stereocenters. The van der Waals surface area contributed by atoms with Crippen molar-refractivity contribution in [3.8, 4) is 0 Å². The van der Waals surface area contributed by atoms with Crippen molar-refractivity contribution in [2.24, 2.45) is 0 Å². The zero-order valence-corrected chi connectivity index (χ0v) is 8.83. The number of nitrogens with zero attached hydrogens (tertiary/aromatic N) is 1.